The number of nitrogens with one attached hydrogen (secondary N) is 2. The molecule has 1 atom stereocenters. The van der Waals surface area contributed by atoms with Crippen molar-refractivity contribution < 1.29 is 14.3 Å². The van der Waals surface area contributed by atoms with Gasteiger partial charge in [-0.05, 0) is 42.5 Å². The average Bonchev–Trinajstić information content (AvgIpc) is 3.35. The minimum atomic E-state index is -0.177. The summed E-state index contributed by atoms with van der Waals surface area (Å²) in [5.41, 5.74) is 1.14. The largest absolute Gasteiger partial charge is 0.377 e. The molecule has 2 heterocycles. The molecule has 1 aromatic carbocycles. The summed E-state index contributed by atoms with van der Waals surface area (Å²) in [6.07, 6.45) is 2.31. The number of carbonyl (C=O) groups excluding carboxylic acids is 2. The van der Waals surface area contributed by atoms with Crippen LogP contribution in [0.15, 0.2) is 41.8 Å². The Kier molecular flexibility index (Phi) is 6.98. The van der Waals surface area contributed by atoms with Gasteiger partial charge in [-0.15, -0.1) is 11.3 Å². The van der Waals surface area contributed by atoms with Crippen LogP contribution in [-0.2, 0) is 16.1 Å². The molecule has 1 saturated heterocycles. The van der Waals surface area contributed by atoms with Gasteiger partial charge in [-0.1, -0.05) is 12.1 Å². The van der Waals surface area contributed by atoms with Gasteiger partial charge in [-0.25, -0.2) is 0 Å². The molecule has 2 aromatic rings. The molecule has 1 aliphatic rings. The Balaban J connectivity index is 1.61. The molecule has 1 unspecified atom stereocenters. The van der Waals surface area contributed by atoms with Gasteiger partial charge in [0.15, 0.2) is 0 Å². The molecule has 6 nitrogen and oxygen atoms in total. The van der Waals surface area contributed by atoms with Crippen molar-refractivity contribution in [1.82, 2.24) is 10.2 Å². The van der Waals surface area contributed by atoms with Crippen LogP contribution in [-0.4, -0.2) is 49.6 Å². The monoisotopic (exact) mass is 387 g/mol. The van der Waals surface area contributed by atoms with E-state index in [1.165, 1.54) is 4.88 Å². The van der Waals surface area contributed by atoms with E-state index in [1.54, 1.807) is 42.6 Å². The number of amides is 2. The lowest BCUT2D eigenvalue weighted by Gasteiger charge is -2.24. The van der Waals surface area contributed by atoms with Gasteiger partial charge in [0.2, 0.25) is 5.91 Å². The maximum Gasteiger partial charge on any atom is 0.251 e. The fourth-order valence-electron chi connectivity index (χ4n) is 3.17. The van der Waals surface area contributed by atoms with Gasteiger partial charge in [0.25, 0.3) is 5.91 Å². The molecule has 0 saturated carbocycles. The van der Waals surface area contributed by atoms with E-state index in [9.17, 15) is 9.59 Å². The third-order valence-corrected chi connectivity index (χ3v) is 5.31. The smallest absolute Gasteiger partial charge is 0.251 e. The van der Waals surface area contributed by atoms with Crippen LogP contribution in [0.4, 0.5) is 5.69 Å². The molecule has 0 bridgehead atoms. The van der Waals surface area contributed by atoms with Crippen molar-refractivity contribution in [2.24, 2.45) is 0 Å². The first kappa shape index (κ1) is 19.5. The Hall–Kier alpha value is -2.22. The molecule has 1 aliphatic heterocycles. The lowest BCUT2D eigenvalue weighted by atomic mass is 10.2. The lowest BCUT2D eigenvalue weighted by molar-refractivity contribution is -0.117. The second-order valence-corrected chi connectivity index (χ2v) is 7.62. The van der Waals surface area contributed by atoms with Crippen LogP contribution in [0.5, 0.6) is 0 Å². The number of nitrogens with zero attached hydrogens (tertiary/aromatic N) is 1. The molecule has 0 aliphatic carbocycles. The summed E-state index contributed by atoms with van der Waals surface area (Å²) in [5, 5.41) is 7.53. The van der Waals surface area contributed by atoms with Gasteiger partial charge in [0.1, 0.15) is 0 Å². The Morgan fingerprint density at radius 3 is 2.89 bits per heavy atom. The predicted octanol–water partition coefficient (Wildman–Crippen LogP) is 2.73. The summed E-state index contributed by atoms with van der Waals surface area (Å²) in [6, 6.07) is 11.0. The number of carbonyl (C=O) groups is 2. The van der Waals surface area contributed by atoms with E-state index >= 15 is 0 Å². The zero-order valence-electron chi connectivity index (χ0n) is 15.4. The van der Waals surface area contributed by atoms with E-state index in [0.717, 1.165) is 32.5 Å². The number of rotatable bonds is 8. The van der Waals surface area contributed by atoms with Crippen molar-refractivity contribution in [1.29, 1.82) is 0 Å². The van der Waals surface area contributed by atoms with Crippen LogP contribution in [0, 0.1) is 0 Å². The van der Waals surface area contributed by atoms with Crippen molar-refractivity contribution in [2.75, 3.05) is 32.1 Å². The van der Waals surface area contributed by atoms with Gasteiger partial charge in [-0.3, -0.25) is 14.5 Å². The summed E-state index contributed by atoms with van der Waals surface area (Å²) in [5.74, 6) is -0.276. The van der Waals surface area contributed by atoms with Gasteiger partial charge in [0.05, 0.1) is 12.6 Å². The second kappa shape index (κ2) is 9.64. The molecule has 2 N–H and O–H groups in total. The summed E-state index contributed by atoms with van der Waals surface area (Å²) >= 11 is 1.69. The fourth-order valence-corrected chi connectivity index (χ4v) is 3.92. The fraction of sp³-hybridized carbons (Fsp3) is 0.400. The molecule has 2 amide bonds. The standard InChI is InChI=1S/C20H25N3O3S/c1-21-20(25)15-5-2-6-16(11-15)22-19(24)14-23(12-17-7-3-9-26-17)13-18-8-4-10-27-18/h2,4-6,8,10-11,17H,3,7,9,12-14H2,1H3,(H,21,25)(H,22,24). The SMILES string of the molecule is CNC(=O)c1cccc(NC(=O)CN(Cc2cccs2)CC2CCCO2)c1. The maximum atomic E-state index is 12.6. The Morgan fingerprint density at radius 1 is 1.30 bits per heavy atom. The number of hydrogen-bond donors (Lipinski definition) is 2. The van der Waals surface area contributed by atoms with Crippen LogP contribution in [0.1, 0.15) is 28.1 Å². The zero-order chi connectivity index (χ0) is 19.1. The van der Waals surface area contributed by atoms with Crippen LogP contribution >= 0.6 is 11.3 Å². The number of hydrogen-bond acceptors (Lipinski definition) is 5. The van der Waals surface area contributed by atoms with Crippen molar-refractivity contribution in [3.63, 3.8) is 0 Å². The second-order valence-electron chi connectivity index (χ2n) is 6.59. The first-order valence-corrected chi connectivity index (χ1v) is 10.0. The van der Waals surface area contributed by atoms with Crippen LogP contribution in [0.25, 0.3) is 0 Å². The zero-order valence-corrected chi connectivity index (χ0v) is 16.3. The number of anilines is 1. The van der Waals surface area contributed by atoms with E-state index in [2.05, 4.69) is 21.6 Å². The highest BCUT2D eigenvalue weighted by Gasteiger charge is 2.21. The maximum absolute atomic E-state index is 12.6. The summed E-state index contributed by atoms with van der Waals surface area (Å²) in [4.78, 5) is 27.7. The molecule has 1 fully saturated rings. The van der Waals surface area contributed by atoms with E-state index < -0.39 is 0 Å². The highest BCUT2D eigenvalue weighted by atomic mass is 32.1. The van der Waals surface area contributed by atoms with Crippen LogP contribution < -0.4 is 10.6 Å². The minimum absolute atomic E-state index is 0.0985. The van der Waals surface area contributed by atoms with Gasteiger partial charge in [-0.2, -0.15) is 0 Å². The molecule has 0 radical (unpaired) electrons. The first-order valence-electron chi connectivity index (χ1n) is 9.12. The molecular formula is C20H25N3O3S. The van der Waals surface area contributed by atoms with Gasteiger partial charge in [0, 0.05) is 42.9 Å². The highest BCUT2D eigenvalue weighted by molar-refractivity contribution is 7.09. The molecule has 144 valence electrons. The molecule has 27 heavy (non-hydrogen) atoms. The molecule has 7 heteroatoms. The van der Waals surface area contributed by atoms with E-state index in [0.29, 0.717) is 11.3 Å². The summed E-state index contributed by atoms with van der Waals surface area (Å²) in [7, 11) is 1.58. The van der Waals surface area contributed by atoms with Crippen molar-refractivity contribution in [3.8, 4) is 0 Å². The first-order chi connectivity index (χ1) is 13.1. The van der Waals surface area contributed by atoms with Crippen LogP contribution in [0.2, 0.25) is 0 Å². The summed E-state index contributed by atoms with van der Waals surface area (Å²) < 4.78 is 5.74. The van der Waals surface area contributed by atoms with Crippen molar-refractivity contribution in [2.45, 2.75) is 25.5 Å². The Labute approximate surface area is 163 Å². The highest BCUT2D eigenvalue weighted by Crippen LogP contribution is 2.17. The predicted molar refractivity (Wildman–Crippen MR) is 107 cm³/mol. The van der Waals surface area contributed by atoms with Crippen LogP contribution in [0.3, 0.4) is 0 Å². The van der Waals surface area contributed by atoms with Gasteiger partial charge < -0.3 is 15.4 Å². The van der Waals surface area contributed by atoms with Crippen molar-refractivity contribution >= 4 is 28.8 Å². The number of ether oxygens (including phenoxy) is 1. The molecule has 3 rings (SSSR count). The van der Waals surface area contributed by atoms with Gasteiger partial charge >= 0.3 is 0 Å². The number of benzene rings is 1. The third-order valence-electron chi connectivity index (χ3n) is 4.45. The van der Waals surface area contributed by atoms with E-state index in [4.69, 9.17) is 4.74 Å². The average molecular weight is 388 g/mol. The van der Waals surface area contributed by atoms with E-state index in [1.807, 2.05) is 11.4 Å². The molecular weight excluding hydrogens is 362 g/mol. The lowest BCUT2D eigenvalue weighted by Crippen LogP contribution is -2.37. The Bertz CT molecular complexity index is 758. The third kappa shape index (κ3) is 5.89. The van der Waals surface area contributed by atoms with E-state index in [-0.39, 0.29) is 24.5 Å². The normalized spacial score (nSPS) is 16.4. The minimum Gasteiger partial charge on any atom is -0.377 e. The summed E-state index contributed by atoms with van der Waals surface area (Å²) in [6.45, 7) is 2.55. The molecule has 0 spiro atoms. The number of thiophene rings is 1. The topological polar surface area (TPSA) is 70.7 Å². The Morgan fingerprint density at radius 2 is 2.19 bits per heavy atom. The van der Waals surface area contributed by atoms with Crippen molar-refractivity contribution in [3.05, 3.63) is 52.2 Å². The molecule has 1 aromatic heterocycles. The quantitative estimate of drug-likeness (QED) is 0.731.